The van der Waals surface area contributed by atoms with E-state index in [-0.39, 0.29) is 15.7 Å². The second-order valence-electron chi connectivity index (χ2n) is 4.38. The maximum Gasteiger partial charge on any atom is 0.417 e. The molecule has 1 atom stereocenters. The molecule has 0 saturated heterocycles. The zero-order chi connectivity index (χ0) is 13.8. The number of rotatable bonds is 0. The van der Waals surface area contributed by atoms with E-state index in [0.717, 1.165) is 6.07 Å². The summed E-state index contributed by atoms with van der Waals surface area (Å²) in [5.74, 6) is 0.497. The lowest BCUT2D eigenvalue weighted by molar-refractivity contribution is -0.136. The minimum absolute atomic E-state index is 0.0841. The smallest absolute Gasteiger partial charge is 0.295 e. The molecule has 0 aliphatic carbocycles. The largest absolute Gasteiger partial charge is 0.417 e. The molecular weight excluding hydrogens is 325 g/mol. The van der Waals surface area contributed by atoms with Crippen LogP contribution in [0, 0.1) is 0 Å². The van der Waals surface area contributed by atoms with Gasteiger partial charge in [-0.15, -0.1) is 0 Å². The van der Waals surface area contributed by atoms with E-state index in [1.807, 2.05) is 0 Å². The van der Waals surface area contributed by atoms with Crippen molar-refractivity contribution in [3.8, 4) is 0 Å². The van der Waals surface area contributed by atoms with Crippen molar-refractivity contribution < 1.29 is 13.2 Å². The Balaban J connectivity index is 2.44. The highest BCUT2D eigenvalue weighted by Crippen LogP contribution is 2.35. The van der Waals surface area contributed by atoms with E-state index >= 15 is 0 Å². The molecular formula is C12H8BrF3N2O. The predicted octanol–water partition coefficient (Wildman–Crippen LogP) is 3.26. The normalized spacial score (nSPS) is 18.8. The third-order valence-electron chi connectivity index (χ3n) is 3.20. The average Bonchev–Trinajstić information content (AvgIpc) is 2.70. The van der Waals surface area contributed by atoms with Gasteiger partial charge in [-0.2, -0.15) is 13.2 Å². The summed E-state index contributed by atoms with van der Waals surface area (Å²) in [7, 11) is 0. The Kier molecular flexibility index (Phi) is 2.70. The van der Waals surface area contributed by atoms with Crippen LogP contribution < -0.4 is 5.56 Å². The number of alkyl halides is 4. The van der Waals surface area contributed by atoms with Crippen LogP contribution in [0.25, 0.3) is 10.9 Å². The summed E-state index contributed by atoms with van der Waals surface area (Å²) in [4.78, 5) is 16.3. The highest BCUT2D eigenvalue weighted by molar-refractivity contribution is 9.09. The molecule has 100 valence electrons. The van der Waals surface area contributed by atoms with Gasteiger partial charge in [0.2, 0.25) is 0 Å². The number of nitrogens with zero attached hydrogens (tertiary/aromatic N) is 2. The van der Waals surface area contributed by atoms with Gasteiger partial charge in [-0.05, 0) is 18.6 Å². The van der Waals surface area contributed by atoms with Crippen molar-refractivity contribution in [3.05, 3.63) is 39.9 Å². The Labute approximate surface area is 114 Å². The van der Waals surface area contributed by atoms with Crippen LogP contribution in [-0.4, -0.2) is 9.55 Å². The topological polar surface area (TPSA) is 34.9 Å². The molecule has 1 aromatic carbocycles. The summed E-state index contributed by atoms with van der Waals surface area (Å²) >= 11 is 3.37. The summed E-state index contributed by atoms with van der Waals surface area (Å²) in [6.45, 7) is 0.388. The zero-order valence-electron chi connectivity index (χ0n) is 9.54. The number of fused-ring (bicyclic) bond motifs is 2. The zero-order valence-corrected chi connectivity index (χ0v) is 11.1. The van der Waals surface area contributed by atoms with E-state index in [1.54, 1.807) is 0 Å². The monoisotopic (exact) mass is 332 g/mol. The Bertz CT molecular complexity index is 723. The number of aromatic nitrogens is 2. The Hall–Kier alpha value is -1.37. The second-order valence-corrected chi connectivity index (χ2v) is 5.49. The third kappa shape index (κ3) is 1.87. The molecule has 1 aliphatic rings. The Morgan fingerprint density at radius 2 is 2.11 bits per heavy atom. The molecule has 1 aliphatic heterocycles. The molecule has 19 heavy (non-hydrogen) atoms. The maximum absolute atomic E-state index is 12.9. The van der Waals surface area contributed by atoms with Gasteiger partial charge in [0.05, 0.1) is 21.3 Å². The molecule has 0 radical (unpaired) electrons. The first-order valence-corrected chi connectivity index (χ1v) is 6.56. The van der Waals surface area contributed by atoms with Crippen LogP contribution in [0.3, 0.4) is 0 Å². The summed E-state index contributed by atoms with van der Waals surface area (Å²) in [5.41, 5.74) is -1.44. The van der Waals surface area contributed by atoms with E-state index < -0.39 is 17.3 Å². The second kappa shape index (κ2) is 4.06. The highest BCUT2D eigenvalue weighted by Gasteiger charge is 2.35. The molecule has 0 spiro atoms. The maximum atomic E-state index is 12.9. The predicted molar refractivity (Wildman–Crippen MR) is 67.3 cm³/mol. The van der Waals surface area contributed by atoms with Crippen molar-refractivity contribution in [1.29, 1.82) is 0 Å². The van der Waals surface area contributed by atoms with Crippen LogP contribution in [0.5, 0.6) is 0 Å². The Morgan fingerprint density at radius 3 is 2.79 bits per heavy atom. The summed E-state index contributed by atoms with van der Waals surface area (Å²) in [6.07, 6.45) is -3.90. The molecule has 0 amide bonds. The average molecular weight is 333 g/mol. The summed E-state index contributed by atoms with van der Waals surface area (Å²) in [6, 6.07) is 3.62. The molecule has 7 heteroatoms. The van der Waals surface area contributed by atoms with Crippen molar-refractivity contribution in [2.45, 2.75) is 24.0 Å². The van der Waals surface area contributed by atoms with Gasteiger partial charge < -0.3 is 0 Å². The van der Waals surface area contributed by atoms with Gasteiger partial charge >= 0.3 is 6.18 Å². The van der Waals surface area contributed by atoms with E-state index in [9.17, 15) is 18.0 Å². The van der Waals surface area contributed by atoms with E-state index in [1.165, 1.54) is 16.7 Å². The lowest BCUT2D eigenvalue weighted by Crippen LogP contribution is -2.23. The molecule has 3 nitrogen and oxygen atoms in total. The molecule has 2 aromatic rings. The first-order chi connectivity index (χ1) is 8.89. The van der Waals surface area contributed by atoms with Crippen molar-refractivity contribution >= 4 is 26.8 Å². The fraction of sp³-hybridized carbons (Fsp3) is 0.333. The fourth-order valence-electron chi connectivity index (χ4n) is 2.34. The van der Waals surface area contributed by atoms with Crippen LogP contribution in [0.15, 0.2) is 23.0 Å². The first kappa shape index (κ1) is 12.7. The van der Waals surface area contributed by atoms with Gasteiger partial charge in [0.25, 0.3) is 5.56 Å². The molecule has 2 heterocycles. The lowest BCUT2D eigenvalue weighted by atomic mass is 10.1. The van der Waals surface area contributed by atoms with Gasteiger partial charge in [-0.25, -0.2) is 4.98 Å². The minimum Gasteiger partial charge on any atom is -0.295 e. The van der Waals surface area contributed by atoms with Crippen LogP contribution in [0.1, 0.15) is 22.6 Å². The van der Waals surface area contributed by atoms with Crippen LogP contribution >= 0.6 is 15.9 Å². The van der Waals surface area contributed by atoms with Gasteiger partial charge in [0.15, 0.2) is 0 Å². The summed E-state index contributed by atoms with van der Waals surface area (Å²) < 4.78 is 40.1. The first-order valence-electron chi connectivity index (χ1n) is 5.64. The van der Waals surface area contributed by atoms with E-state index in [2.05, 4.69) is 20.9 Å². The SMILES string of the molecule is O=c1c2c(C(F)(F)F)cccc2nc2n1CCC2Br. The van der Waals surface area contributed by atoms with Crippen LogP contribution in [0.4, 0.5) is 13.2 Å². The standard InChI is InChI=1S/C12H8BrF3N2O/c13-7-4-5-18-10(7)17-8-3-1-2-6(12(14,15)16)9(8)11(18)19/h1-3,7H,4-5H2. The van der Waals surface area contributed by atoms with Gasteiger partial charge in [0, 0.05) is 6.54 Å². The quantitative estimate of drug-likeness (QED) is 0.694. The van der Waals surface area contributed by atoms with Crippen molar-refractivity contribution in [3.63, 3.8) is 0 Å². The molecule has 0 fully saturated rings. The van der Waals surface area contributed by atoms with E-state index in [4.69, 9.17) is 0 Å². The number of benzene rings is 1. The number of halogens is 4. The van der Waals surface area contributed by atoms with E-state index in [0.29, 0.717) is 18.8 Å². The van der Waals surface area contributed by atoms with Crippen molar-refractivity contribution in [1.82, 2.24) is 9.55 Å². The minimum atomic E-state index is -4.55. The molecule has 0 saturated carbocycles. The fourth-order valence-corrected chi connectivity index (χ4v) is 2.90. The van der Waals surface area contributed by atoms with Gasteiger partial charge in [0.1, 0.15) is 5.82 Å². The lowest BCUT2D eigenvalue weighted by Gasteiger charge is -2.12. The number of hydrogen-bond acceptors (Lipinski definition) is 2. The molecule has 1 aromatic heterocycles. The van der Waals surface area contributed by atoms with Crippen LogP contribution in [0.2, 0.25) is 0 Å². The summed E-state index contributed by atoms with van der Waals surface area (Å²) in [5, 5.41) is -0.347. The van der Waals surface area contributed by atoms with Gasteiger partial charge in [-0.1, -0.05) is 22.0 Å². The van der Waals surface area contributed by atoms with Gasteiger partial charge in [-0.3, -0.25) is 9.36 Å². The molecule has 1 unspecified atom stereocenters. The van der Waals surface area contributed by atoms with Crippen molar-refractivity contribution in [2.24, 2.45) is 0 Å². The highest BCUT2D eigenvalue weighted by atomic mass is 79.9. The van der Waals surface area contributed by atoms with Crippen LogP contribution in [-0.2, 0) is 12.7 Å². The molecule has 0 N–H and O–H groups in total. The number of hydrogen-bond donors (Lipinski definition) is 0. The van der Waals surface area contributed by atoms with Crippen molar-refractivity contribution in [2.75, 3.05) is 0 Å². The molecule has 3 rings (SSSR count). The Morgan fingerprint density at radius 1 is 1.37 bits per heavy atom. The molecule has 0 bridgehead atoms. The third-order valence-corrected chi connectivity index (χ3v) is 4.07.